The number of nitriles is 1. The number of carbonyl (C=O) groups excluding carboxylic acids is 2. The van der Waals surface area contributed by atoms with Gasteiger partial charge in [0.2, 0.25) is 0 Å². The number of nitrogens with zero attached hydrogens (tertiary/aromatic N) is 2. The van der Waals surface area contributed by atoms with Gasteiger partial charge in [-0.2, -0.15) is 5.26 Å². The summed E-state index contributed by atoms with van der Waals surface area (Å²) in [7, 11) is 0. The van der Waals surface area contributed by atoms with Crippen molar-refractivity contribution in [2.75, 3.05) is 16.8 Å². The molecule has 1 saturated carbocycles. The molecule has 3 aromatic carbocycles. The van der Waals surface area contributed by atoms with E-state index in [-0.39, 0.29) is 43.9 Å². The Morgan fingerprint density at radius 2 is 1.66 bits per heavy atom. The van der Waals surface area contributed by atoms with E-state index in [1.54, 1.807) is 47.4 Å². The lowest BCUT2D eigenvalue weighted by Gasteiger charge is -2.26. The highest BCUT2D eigenvalue weighted by molar-refractivity contribution is 6.32. The van der Waals surface area contributed by atoms with Crippen molar-refractivity contribution in [1.82, 2.24) is 5.32 Å². The fourth-order valence-corrected chi connectivity index (χ4v) is 5.07. The van der Waals surface area contributed by atoms with E-state index >= 15 is 0 Å². The first-order valence-corrected chi connectivity index (χ1v) is 13.7. The van der Waals surface area contributed by atoms with Crippen LogP contribution >= 0.6 is 11.6 Å². The summed E-state index contributed by atoms with van der Waals surface area (Å²) in [5, 5.41) is 23.6. The van der Waals surface area contributed by atoms with Gasteiger partial charge < -0.3 is 15.7 Å². The second-order valence-corrected chi connectivity index (χ2v) is 10.3. The molecule has 0 bridgehead atoms. The van der Waals surface area contributed by atoms with Crippen molar-refractivity contribution in [3.8, 4) is 6.07 Å². The summed E-state index contributed by atoms with van der Waals surface area (Å²) in [4.78, 5) is 38.1. The number of urea groups is 1. The molecule has 3 amide bonds. The number of carbonyl (C=O) groups is 3. The number of hydrogen-bond acceptors (Lipinski definition) is 4. The molecule has 0 aromatic heterocycles. The summed E-state index contributed by atoms with van der Waals surface area (Å²) in [5.41, 5.74) is 3.97. The number of benzene rings is 3. The molecule has 0 saturated heterocycles. The average molecular weight is 575 g/mol. The van der Waals surface area contributed by atoms with Gasteiger partial charge in [-0.15, -0.1) is 0 Å². The molecule has 0 heterocycles. The summed E-state index contributed by atoms with van der Waals surface area (Å²) in [6.07, 6.45) is 5.96. The third-order valence-electron chi connectivity index (χ3n) is 7.05. The molecule has 0 atom stereocenters. The SMILES string of the molecule is C.N#Cc1ccc(NC(=O)N(Cc2ccc(C(=O)NCCC(=O)O)cc2)c2ccc(C3CCCCC3)cc2)cc1Cl. The van der Waals surface area contributed by atoms with Crippen LogP contribution < -0.4 is 15.5 Å². The Bertz CT molecular complexity index is 1390. The van der Waals surface area contributed by atoms with Crippen LogP contribution in [0.2, 0.25) is 5.02 Å². The molecule has 4 rings (SSSR count). The summed E-state index contributed by atoms with van der Waals surface area (Å²) in [6.45, 7) is 0.277. The molecule has 1 aliphatic carbocycles. The first kappa shape index (κ1) is 31.2. The van der Waals surface area contributed by atoms with Crippen molar-refractivity contribution in [3.63, 3.8) is 0 Å². The zero-order valence-electron chi connectivity index (χ0n) is 22.0. The Morgan fingerprint density at radius 1 is 0.976 bits per heavy atom. The van der Waals surface area contributed by atoms with Crippen LogP contribution in [0, 0.1) is 11.3 Å². The minimum atomic E-state index is -0.982. The number of anilines is 2. The predicted molar refractivity (Wildman–Crippen MR) is 161 cm³/mol. The molecule has 1 aliphatic rings. The number of amides is 3. The van der Waals surface area contributed by atoms with Crippen LogP contribution in [0.25, 0.3) is 0 Å². The molecule has 41 heavy (non-hydrogen) atoms. The summed E-state index contributed by atoms with van der Waals surface area (Å²) in [5.74, 6) is -0.803. The molecule has 8 nitrogen and oxygen atoms in total. The van der Waals surface area contributed by atoms with Gasteiger partial charge in [0.15, 0.2) is 0 Å². The predicted octanol–water partition coefficient (Wildman–Crippen LogP) is 7.34. The normalized spacial score (nSPS) is 12.9. The Morgan fingerprint density at radius 3 is 2.27 bits per heavy atom. The van der Waals surface area contributed by atoms with Gasteiger partial charge in [0.25, 0.3) is 5.91 Å². The quantitative estimate of drug-likeness (QED) is 0.247. The van der Waals surface area contributed by atoms with Crippen molar-refractivity contribution in [3.05, 3.63) is 94.0 Å². The van der Waals surface area contributed by atoms with E-state index in [0.717, 1.165) is 5.56 Å². The molecule has 3 N–H and O–H groups in total. The third kappa shape index (κ3) is 8.57. The van der Waals surface area contributed by atoms with E-state index in [9.17, 15) is 14.4 Å². The van der Waals surface area contributed by atoms with Crippen LogP contribution in [0.1, 0.15) is 78.9 Å². The molecular weight excluding hydrogens is 540 g/mol. The van der Waals surface area contributed by atoms with E-state index in [1.165, 1.54) is 37.7 Å². The highest BCUT2D eigenvalue weighted by Crippen LogP contribution is 2.33. The molecule has 0 aliphatic heterocycles. The number of aliphatic carboxylic acids is 1. The number of nitrogens with one attached hydrogen (secondary N) is 2. The van der Waals surface area contributed by atoms with Crippen LogP contribution in [0.3, 0.4) is 0 Å². The minimum Gasteiger partial charge on any atom is -0.481 e. The molecule has 9 heteroatoms. The van der Waals surface area contributed by atoms with Gasteiger partial charge in [-0.05, 0) is 72.4 Å². The van der Waals surface area contributed by atoms with Crippen LogP contribution in [0.5, 0.6) is 0 Å². The van der Waals surface area contributed by atoms with E-state index in [0.29, 0.717) is 28.4 Å². The zero-order valence-corrected chi connectivity index (χ0v) is 22.8. The Labute approximate surface area is 245 Å². The largest absolute Gasteiger partial charge is 0.481 e. The van der Waals surface area contributed by atoms with E-state index < -0.39 is 5.97 Å². The summed E-state index contributed by atoms with van der Waals surface area (Å²) >= 11 is 6.17. The van der Waals surface area contributed by atoms with Crippen LogP contribution in [-0.2, 0) is 11.3 Å². The summed E-state index contributed by atoms with van der Waals surface area (Å²) in [6, 6.07) is 21.3. The molecule has 0 unspecified atom stereocenters. The highest BCUT2D eigenvalue weighted by Gasteiger charge is 2.20. The number of carboxylic acids is 1. The maximum Gasteiger partial charge on any atom is 0.326 e. The second kappa shape index (κ2) is 14.9. The van der Waals surface area contributed by atoms with Crippen molar-refractivity contribution >= 4 is 40.9 Å². The lowest BCUT2D eigenvalue weighted by atomic mass is 9.84. The van der Waals surface area contributed by atoms with Gasteiger partial charge in [0.1, 0.15) is 6.07 Å². The van der Waals surface area contributed by atoms with E-state index in [1.807, 2.05) is 18.2 Å². The van der Waals surface area contributed by atoms with Gasteiger partial charge in [-0.3, -0.25) is 14.5 Å². The van der Waals surface area contributed by atoms with Gasteiger partial charge in [0.05, 0.1) is 23.6 Å². The van der Waals surface area contributed by atoms with Gasteiger partial charge in [-0.1, -0.05) is 62.6 Å². The number of hydrogen-bond donors (Lipinski definition) is 3. The van der Waals surface area contributed by atoms with Crippen molar-refractivity contribution < 1.29 is 19.5 Å². The standard InChI is InChI=1S/C31H31ClN4O4.CH4/c32-28-18-26(13-10-25(28)19-33)35-31(40)36(27-14-11-23(12-15-27)22-4-2-1-3-5-22)20-21-6-8-24(9-7-21)30(39)34-17-16-29(37)38;/h6-15,18,22H,1-5,16-17,20H2,(H,34,39)(H,35,40)(H,37,38);1H4. The average Bonchev–Trinajstić information content (AvgIpc) is 2.96. The van der Waals surface area contributed by atoms with Gasteiger partial charge >= 0.3 is 12.0 Å². The van der Waals surface area contributed by atoms with E-state index in [4.69, 9.17) is 22.0 Å². The number of rotatable bonds is 9. The topological polar surface area (TPSA) is 123 Å². The molecule has 1 fully saturated rings. The smallest absolute Gasteiger partial charge is 0.326 e. The van der Waals surface area contributed by atoms with Crippen molar-refractivity contribution in [2.24, 2.45) is 0 Å². The minimum absolute atomic E-state index is 0. The van der Waals surface area contributed by atoms with Crippen LogP contribution in [0.15, 0.2) is 66.7 Å². The van der Waals surface area contributed by atoms with E-state index in [2.05, 4.69) is 22.8 Å². The Balaban J connectivity index is 0.00000462. The molecular formula is C32H35ClN4O4. The van der Waals surface area contributed by atoms with Crippen LogP contribution in [0.4, 0.5) is 16.2 Å². The fraction of sp³-hybridized carbons (Fsp3) is 0.312. The lowest BCUT2D eigenvalue weighted by Crippen LogP contribution is -2.34. The molecule has 3 aromatic rings. The number of carboxylic acid groups (broad SMARTS) is 1. The van der Waals surface area contributed by atoms with Gasteiger partial charge in [0, 0.05) is 23.5 Å². The highest BCUT2D eigenvalue weighted by atomic mass is 35.5. The monoisotopic (exact) mass is 574 g/mol. The van der Waals surface area contributed by atoms with Gasteiger partial charge in [-0.25, -0.2) is 4.79 Å². The molecule has 214 valence electrons. The lowest BCUT2D eigenvalue weighted by molar-refractivity contribution is -0.136. The van der Waals surface area contributed by atoms with Crippen molar-refractivity contribution in [2.45, 2.75) is 58.4 Å². The maximum absolute atomic E-state index is 13.5. The third-order valence-corrected chi connectivity index (χ3v) is 7.36. The fourth-order valence-electron chi connectivity index (χ4n) is 4.85. The molecule has 0 radical (unpaired) electrons. The summed E-state index contributed by atoms with van der Waals surface area (Å²) < 4.78 is 0. The van der Waals surface area contributed by atoms with Crippen molar-refractivity contribution in [1.29, 1.82) is 5.26 Å². The second-order valence-electron chi connectivity index (χ2n) is 9.85. The zero-order chi connectivity index (χ0) is 28.5. The Hall–Kier alpha value is -4.35. The molecule has 0 spiro atoms. The van der Waals surface area contributed by atoms with Crippen LogP contribution in [-0.4, -0.2) is 29.6 Å². The first-order chi connectivity index (χ1) is 19.3. The number of halogens is 1. The maximum atomic E-state index is 13.5. The Kier molecular flexibility index (Phi) is 11.3. The first-order valence-electron chi connectivity index (χ1n) is 13.3.